The third-order valence-electron chi connectivity index (χ3n) is 3.39. The van der Waals surface area contributed by atoms with Gasteiger partial charge < -0.3 is 20.3 Å². The lowest BCUT2D eigenvalue weighted by Gasteiger charge is -2.18. The summed E-state index contributed by atoms with van der Waals surface area (Å²) >= 11 is 1.86. The quantitative estimate of drug-likeness (QED) is 0.364. The molecule has 5 nitrogen and oxygen atoms in total. The maximum Gasteiger partial charge on any atom is 0.191 e. The van der Waals surface area contributed by atoms with E-state index in [9.17, 15) is 0 Å². The van der Waals surface area contributed by atoms with E-state index < -0.39 is 0 Å². The molecule has 0 aliphatic heterocycles. The topological polar surface area (TPSA) is 48.9 Å². The van der Waals surface area contributed by atoms with Crippen LogP contribution in [0.25, 0.3) is 0 Å². The number of nitrogens with one attached hydrogen (secondary N) is 2. The second-order valence-corrected chi connectivity index (χ2v) is 7.20. The van der Waals surface area contributed by atoms with Crippen molar-refractivity contribution >= 4 is 17.7 Å². The van der Waals surface area contributed by atoms with E-state index in [2.05, 4.69) is 60.7 Å². The number of nitrogens with zero attached hydrogens (tertiary/aromatic N) is 2. The molecule has 6 heteroatoms. The molecular weight excluding hydrogens is 320 g/mol. The van der Waals surface area contributed by atoms with E-state index in [1.54, 1.807) is 7.11 Å². The minimum absolute atomic E-state index is 0.437. The molecule has 1 unspecified atom stereocenters. The molecule has 2 N–H and O–H groups in total. The van der Waals surface area contributed by atoms with Gasteiger partial charge in [-0.15, -0.1) is 11.8 Å². The van der Waals surface area contributed by atoms with Gasteiger partial charge in [0, 0.05) is 43.4 Å². The molecule has 1 aromatic rings. The SMILES string of the molecule is CCNC(=NCC(C)Sc1ccccc1)NCCN(C)CCOC. The summed E-state index contributed by atoms with van der Waals surface area (Å²) in [6.45, 7) is 9.48. The van der Waals surface area contributed by atoms with Gasteiger partial charge in [-0.3, -0.25) is 4.99 Å². The fraction of sp³-hybridized carbons (Fsp3) is 0.611. The van der Waals surface area contributed by atoms with E-state index in [4.69, 9.17) is 9.73 Å². The van der Waals surface area contributed by atoms with Crippen LogP contribution in [0.1, 0.15) is 13.8 Å². The van der Waals surface area contributed by atoms with E-state index in [0.717, 1.165) is 45.3 Å². The summed E-state index contributed by atoms with van der Waals surface area (Å²) in [5, 5.41) is 7.14. The van der Waals surface area contributed by atoms with Crippen molar-refractivity contribution in [2.45, 2.75) is 24.0 Å². The van der Waals surface area contributed by atoms with Gasteiger partial charge in [0.2, 0.25) is 0 Å². The van der Waals surface area contributed by atoms with Crippen molar-refractivity contribution in [3.8, 4) is 0 Å². The molecule has 0 fully saturated rings. The molecule has 0 aliphatic rings. The molecule has 136 valence electrons. The van der Waals surface area contributed by atoms with Crippen LogP contribution in [0, 0.1) is 0 Å². The minimum atomic E-state index is 0.437. The van der Waals surface area contributed by atoms with Crippen molar-refractivity contribution in [3.63, 3.8) is 0 Å². The summed E-state index contributed by atoms with van der Waals surface area (Å²) < 4.78 is 5.09. The smallest absolute Gasteiger partial charge is 0.191 e. The van der Waals surface area contributed by atoms with Crippen LogP contribution in [0.5, 0.6) is 0 Å². The first-order valence-corrected chi connectivity index (χ1v) is 9.45. The Morgan fingerprint density at radius 2 is 2.00 bits per heavy atom. The first-order valence-electron chi connectivity index (χ1n) is 8.57. The molecule has 0 aliphatic carbocycles. The lowest BCUT2D eigenvalue weighted by molar-refractivity contribution is 0.162. The molecular formula is C18H32N4OS. The van der Waals surface area contributed by atoms with Gasteiger partial charge in [-0.2, -0.15) is 0 Å². The van der Waals surface area contributed by atoms with Crippen LogP contribution in [-0.2, 0) is 4.74 Å². The van der Waals surface area contributed by atoms with Gasteiger partial charge in [0.15, 0.2) is 5.96 Å². The first-order chi connectivity index (χ1) is 11.7. The number of likely N-dealkylation sites (N-methyl/N-ethyl adjacent to an activating group) is 1. The number of aliphatic imine (C=N–C) groups is 1. The summed E-state index contributed by atoms with van der Waals surface area (Å²) in [5.41, 5.74) is 0. The molecule has 1 aromatic carbocycles. The predicted molar refractivity (Wildman–Crippen MR) is 105 cm³/mol. The molecule has 0 spiro atoms. The number of hydrogen-bond donors (Lipinski definition) is 2. The molecule has 24 heavy (non-hydrogen) atoms. The maximum atomic E-state index is 5.09. The second kappa shape index (κ2) is 13.1. The highest BCUT2D eigenvalue weighted by Crippen LogP contribution is 2.22. The van der Waals surface area contributed by atoms with Crippen LogP contribution >= 0.6 is 11.8 Å². The zero-order valence-electron chi connectivity index (χ0n) is 15.4. The Labute approximate surface area is 151 Å². The van der Waals surface area contributed by atoms with Crippen molar-refractivity contribution < 1.29 is 4.74 Å². The lowest BCUT2D eigenvalue weighted by Crippen LogP contribution is -2.41. The summed E-state index contributed by atoms with van der Waals surface area (Å²) in [6, 6.07) is 10.5. The second-order valence-electron chi connectivity index (χ2n) is 5.68. The summed E-state index contributed by atoms with van der Waals surface area (Å²) in [5.74, 6) is 0.887. The third kappa shape index (κ3) is 9.80. The number of methoxy groups -OCH3 is 1. The van der Waals surface area contributed by atoms with E-state index in [0.29, 0.717) is 5.25 Å². The van der Waals surface area contributed by atoms with Gasteiger partial charge >= 0.3 is 0 Å². The standard InChI is InChI=1S/C18H32N4OS/c1-5-19-18(20-11-12-22(3)13-14-23-4)21-15-16(2)24-17-9-7-6-8-10-17/h6-10,16H,5,11-15H2,1-4H3,(H2,19,20,21). The summed E-state index contributed by atoms with van der Waals surface area (Å²) in [4.78, 5) is 8.23. The maximum absolute atomic E-state index is 5.09. The fourth-order valence-corrected chi connectivity index (χ4v) is 2.98. The van der Waals surface area contributed by atoms with Crippen molar-refractivity contribution in [3.05, 3.63) is 30.3 Å². The zero-order chi connectivity index (χ0) is 17.6. The fourth-order valence-electron chi connectivity index (χ4n) is 2.05. The van der Waals surface area contributed by atoms with E-state index in [1.165, 1.54) is 4.90 Å². The van der Waals surface area contributed by atoms with Crippen LogP contribution in [0.15, 0.2) is 40.2 Å². The Hall–Kier alpha value is -1.24. The molecule has 0 aromatic heterocycles. The van der Waals surface area contributed by atoms with Crippen LogP contribution < -0.4 is 10.6 Å². The van der Waals surface area contributed by atoms with Crippen LogP contribution in [-0.4, -0.2) is 69.6 Å². The van der Waals surface area contributed by atoms with E-state index in [-0.39, 0.29) is 0 Å². The van der Waals surface area contributed by atoms with Crippen molar-refractivity contribution in [1.29, 1.82) is 0 Å². The normalized spacial score (nSPS) is 13.1. The van der Waals surface area contributed by atoms with E-state index in [1.807, 2.05) is 17.8 Å². The van der Waals surface area contributed by atoms with Crippen LogP contribution in [0.2, 0.25) is 0 Å². The largest absolute Gasteiger partial charge is 0.383 e. The Morgan fingerprint density at radius 3 is 2.67 bits per heavy atom. The first kappa shape index (κ1) is 20.8. The monoisotopic (exact) mass is 352 g/mol. The summed E-state index contributed by atoms with van der Waals surface area (Å²) in [7, 11) is 3.83. The number of hydrogen-bond acceptors (Lipinski definition) is 4. The highest BCUT2D eigenvalue weighted by Gasteiger charge is 2.05. The van der Waals surface area contributed by atoms with Crippen LogP contribution in [0.3, 0.4) is 0 Å². The Kier molecular flexibility index (Phi) is 11.4. The number of ether oxygens (including phenoxy) is 1. The highest BCUT2D eigenvalue weighted by atomic mass is 32.2. The molecule has 1 rings (SSSR count). The molecule has 0 radical (unpaired) electrons. The molecule has 0 amide bonds. The van der Waals surface area contributed by atoms with Crippen molar-refractivity contribution in [1.82, 2.24) is 15.5 Å². The predicted octanol–water partition coefficient (Wildman–Crippen LogP) is 2.30. The minimum Gasteiger partial charge on any atom is -0.383 e. The van der Waals surface area contributed by atoms with Gasteiger partial charge in [-0.25, -0.2) is 0 Å². The summed E-state index contributed by atoms with van der Waals surface area (Å²) in [6.07, 6.45) is 0. The van der Waals surface area contributed by atoms with Gasteiger partial charge in [0.1, 0.15) is 0 Å². The average Bonchev–Trinajstić information content (AvgIpc) is 2.58. The zero-order valence-corrected chi connectivity index (χ0v) is 16.2. The molecule has 0 saturated carbocycles. The number of rotatable bonds is 11. The van der Waals surface area contributed by atoms with Gasteiger partial charge in [0.05, 0.1) is 13.2 Å². The Balaban J connectivity index is 2.35. The number of benzene rings is 1. The Bertz CT molecular complexity index is 456. The number of guanidine groups is 1. The van der Waals surface area contributed by atoms with Gasteiger partial charge in [0.25, 0.3) is 0 Å². The van der Waals surface area contributed by atoms with Crippen LogP contribution in [0.4, 0.5) is 0 Å². The highest BCUT2D eigenvalue weighted by molar-refractivity contribution is 8.00. The molecule has 0 bridgehead atoms. The molecule has 1 atom stereocenters. The third-order valence-corrected chi connectivity index (χ3v) is 4.49. The van der Waals surface area contributed by atoms with Crippen molar-refractivity contribution in [2.75, 3.05) is 53.5 Å². The lowest BCUT2D eigenvalue weighted by atomic mass is 10.4. The van der Waals surface area contributed by atoms with Crippen molar-refractivity contribution in [2.24, 2.45) is 4.99 Å². The van der Waals surface area contributed by atoms with Gasteiger partial charge in [-0.05, 0) is 26.1 Å². The van der Waals surface area contributed by atoms with Gasteiger partial charge in [-0.1, -0.05) is 25.1 Å². The molecule has 0 saturated heterocycles. The van der Waals surface area contributed by atoms with E-state index >= 15 is 0 Å². The average molecular weight is 353 g/mol. The molecule has 0 heterocycles. The Morgan fingerprint density at radius 1 is 1.25 bits per heavy atom. The number of thioether (sulfide) groups is 1.